The third-order valence-corrected chi connectivity index (χ3v) is 5.84. The van der Waals surface area contributed by atoms with Gasteiger partial charge in [-0.2, -0.15) is 5.26 Å². The molecule has 0 fully saturated rings. The van der Waals surface area contributed by atoms with Gasteiger partial charge in [-0.15, -0.1) is 10.2 Å². The lowest BCUT2D eigenvalue weighted by Gasteiger charge is -2.13. The summed E-state index contributed by atoms with van der Waals surface area (Å²) in [5, 5.41) is 29.2. The van der Waals surface area contributed by atoms with E-state index in [1.807, 2.05) is 73.0 Å². The zero-order valence-electron chi connectivity index (χ0n) is 16.6. The summed E-state index contributed by atoms with van der Waals surface area (Å²) in [4.78, 5) is 7.53. The van der Waals surface area contributed by atoms with E-state index in [9.17, 15) is 10.4 Å². The molecular formula is C22H20N6OS. The van der Waals surface area contributed by atoms with Crippen LogP contribution in [0.3, 0.4) is 0 Å². The molecule has 0 spiro atoms. The van der Waals surface area contributed by atoms with Crippen LogP contribution >= 0.6 is 11.8 Å². The number of nitrogens with one attached hydrogen (secondary N) is 1. The number of rotatable bonds is 6. The Morgan fingerprint density at radius 3 is 2.63 bits per heavy atom. The molecule has 0 aliphatic heterocycles. The van der Waals surface area contributed by atoms with Gasteiger partial charge in [-0.3, -0.25) is 0 Å². The minimum Gasteiger partial charge on any atom is -0.510 e. The van der Waals surface area contributed by atoms with Gasteiger partial charge in [0.05, 0.1) is 22.8 Å². The number of hydrogen-bond donors (Lipinski definition) is 2. The third-order valence-electron chi connectivity index (χ3n) is 4.75. The minimum atomic E-state index is -0.411. The summed E-state index contributed by atoms with van der Waals surface area (Å²) in [5.74, 6) is 1.09. The lowest BCUT2D eigenvalue weighted by molar-refractivity contribution is 0.401. The molecule has 0 aliphatic rings. The van der Waals surface area contributed by atoms with Gasteiger partial charge in [0.15, 0.2) is 11.0 Å². The van der Waals surface area contributed by atoms with Crippen molar-refractivity contribution in [2.45, 2.75) is 30.8 Å². The van der Waals surface area contributed by atoms with Crippen LogP contribution in [0.1, 0.15) is 24.1 Å². The lowest BCUT2D eigenvalue weighted by atomic mass is 10.2. The van der Waals surface area contributed by atoms with E-state index in [0.29, 0.717) is 17.5 Å². The molecule has 1 atom stereocenters. The minimum absolute atomic E-state index is 0.0477. The SMILES string of the molecule is Cc1nnc(SC(C)/C(O)=C(\C#N)c2nc3ccccc3[nH]2)n1Cc1ccccc1. The molecule has 150 valence electrons. The second-order valence-electron chi connectivity index (χ2n) is 6.84. The van der Waals surface area contributed by atoms with E-state index in [-0.39, 0.29) is 11.3 Å². The van der Waals surface area contributed by atoms with Crippen LogP contribution in [0.15, 0.2) is 65.5 Å². The number of allylic oxidation sites excluding steroid dienone is 1. The maximum atomic E-state index is 10.8. The number of H-pyrrole nitrogens is 1. The van der Waals surface area contributed by atoms with Crippen molar-refractivity contribution in [3.63, 3.8) is 0 Å². The Morgan fingerprint density at radius 1 is 1.17 bits per heavy atom. The lowest BCUT2D eigenvalue weighted by Crippen LogP contribution is -2.09. The van der Waals surface area contributed by atoms with Crippen molar-refractivity contribution >= 4 is 28.4 Å². The molecule has 2 N–H and O–H groups in total. The predicted octanol–water partition coefficient (Wildman–Crippen LogP) is 4.48. The van der Waals surface area contributed by atoms with Crippen molar-refractivity contribution in [3.8, 4) is 6.07 Å². The first kappa shape index (κ1) is 19.7. The average molecular weight is 417 g/mol. The van der Waals surface area contributed by atoms with E-state index in [0.717, 1.165) is 22.4 Å². The highest BCUT2D eigenvalue weighted by molar-refractivity contribution is 7.99. The molecule has 0 aliphatic carbocycles. The predicted molar refractivity (Wildman–Crippen MR) is 117 cm³/mol. The Morgan fingerprint density at radius 2 is 1.90 bits per heavy atom. The fourth-order valence-corrected chi connectivity index (χ4v) is 4.07. The number of fused-ring (bicyclic) bond motifs is 1. The molecule has 7 nitrogen and oxygen atoms in total. The van der Waals surface area contributed by atoms with E-state index in [2.05, 4.69) is 26.2 Å². The van der Waals surface area contributed by atoms with Gasteiger partial charge in [0.2, 0.25) is 0 Å². The van der Waals surface area contributed by atoms with Crippen molar-refractivity contribution in [2.75, 3.05) is 0 Å². The summed E-state index contributed by atoms with van der Waals surface area (Å²) in [7, 11) is 0. The maximum Gasteiger partial charge on any atom is 0.192 e. The van der Waals surface area contributed by atoms with E-state index in [1.54, 1.807) is 0 Å². The first-order chi connectivity index (χ1) is 14.6. The van der Waals surface area contributed by atoms with Crippen molar-refractivity contribution in [3.05, 3.63) is 77.6 Å². The zero-order chi connectivity index (χ0) is 21.1. The summed E-state index contributed by atoms with van der Waals surface area (Å²) in [6, 6.07) is 19.6. The molecular weight excluding hydrogens is 396 g/mol. The van der Waals surface area contributed by atoms with E-state index >= 15 is 0 Å². The molecule has 30 heavy (non-hydrogen) atoms. The molecule has 0 amide bonds. The number of aryl methyl sites for hydroxylation is 1. The molecule has 2 heterocycles. The van der Waals surface area contributed by atoms with Crippen LogP contribution in [0.25, 0.3) is 16.6 Å². The molecule has 0 bridgehead atoms. The molecule has 8 heteroatoms. The number of benzene rings is 2. The molecule has 2 aromatic carbocycles. The Hall–Kier alpha value is -3.57. The topological polar surface area (TPSA) is 103 Å². The Kier molecular flexibility index (Phi) is 5.55. The summed E-state index contributed by atoms with van der Waals surface area (Å²) in [5.41, 5.74) is 2.81. The summed E-state index contributed by atoms with van der Waals surface area (Å²) >= 11 is 1.35. The van der Waals surface area contributed by atoms with Gasteiger partial charge >= 0.3 is 0 Å². The highest BCUT2D eigenvalue weighted by Crippen LogP contribution is 2.30. The van der Waals surface area contributed by atoms with E-state index in [1.165, 1.54) is 11.8 Å². The average Bonchev–Trinajstić information content (AvgIpc) is 3.33. The monoisotopic (exact) mass is 416 g/mol. The van der Waals surface area contributed by atoms with Crippen LogP contribution in [0.4, 0.5) is 0 Å². The van der Waals surface area contributed by atoms with Gasteiger partial charge in [-0.05, 0) is 31.5 Å². The van der Waals surface area contributed by atoms with Crippen molar-refractivity contribution in [2.24, 2.45) is 0 Å². The number of aromatic amines is 1. The van der Waals surface area contributed by atoms with Gasteiger partial charge in [0.25, 0.3) is 0 Å². The number of nitrogens with zero attached hydrogens (tertiary/aromatic N) is 5. The van der Waals surface area contributed by atoms with Crippen LogP contribution in [-0.4, -0.2) is 35.1 Å². The summed E-state index contributed by atoms with van der Waals surface area (Å²) < 4.78 is 2.00. The number of imidazole rings is 1. The van der Waals surface area contributed by atoms with Crippen LogP contribution in [0.2, 0.25) is 0 Å². The highest BCUT2D eigenvalue weighted by atomic mass is 32.2. The quantitative estimate of drug-likeness (QED) is 0.273. The molecule has 0 saturated carbocycles. The third kappa shape index (κ3) is 3.93. The fourth-order valence-electron chi connectivity index (χ4n) is 3.12. The second kappa shape index (κ2) is 8.43. The Bertz CT molecular complexity index is 1220. The number of para-hydroxylation sites is 2. The molecule has 0 radical (unpaired) electrons. The van der Waals surface area contributed by atoms with Gasteiger partial charge in [-0.1, -0.05) is 54.2 Å². The molecule has 0 saturated heterocycles. The number of aliphatic hydroxyl groups is 1. The summed E-state index contributed by atoms with van der Waals surface area (Å²) in [6.07, 6.45) is 0. The first-order valence-electron chi connectivity index (χ1n) is 9.45. The van der Waals surface area contributed by atoms with Crippen LogP contribution < -0.4 is 0 Å². The molecule has 4 aromatic rings. The Balaban J connectivity index is 1.61. The molecule has 2 aromatic heterocycles. The largest absolute Gasteiger partial charge is 0.510 e. The fraction of sp³-hybridized carbons (Fsp3) is 0.182. The van der Waals surface area contributed by atoms with Crippen molar-refractivity contribution in [1.29, 1.82) is 5.26 Å². The molecule has 4 rings (SSSR count). The van der Waals surface area contributed by atoms with E-state index < -0.39 is 5.25 Å². The van der Waals surface area contributed by atoms with Crippen LogP contribution in [0.5, 0.6) is 0 Å². The number of nitriles is 1. The van der Waals surface area contributed by atoms with Crippen LogP contribution in [-0.2, 0) is 6.54 Å². The van der Waals surface area contributed by atoms with E-state index in [4.69, 9.17) is 0 Å². The maximum absolute atomic E-state index is 10.8. The number of aromatic nitrogens is 5. The first-order valence-corrected chi connectivity index (χ1v) is 10.3. The number of thioether (sulfide) groups is 1. The van der Waals surface area contributed by atoms with Gasteiger partial charge in [0.1, 0.15) is 23.2 Å². The number of aliphatic hydroxyl groups excluding tert-OH is 1. The van der Waals surface area contributed by atoms with Crippen molar-refractivity contribution < 1.29 is 5.11 Å². The number of hydrogen-bond acceptors (Lipinski definition) is 6. The highest BCUT2D eigenvalue weighted by Gasteiger charge is 2.22. The standard InChI is InChI=1S/C22H20N6OS/c1-14(20(29)17(12-23)21-24-18-10-6-7-11-19(18)25-21)30-22-27-26-15(2)28(22)13-16-8-4-3-5-9-16/h3-11,14,29H,13H2,1-2H3,(H,24,25)/b20-17-. The normalized spacial score (nSPS) is 13.1. The Labute approximate surface area is 178 Å². The molecule has 1 unspecified atom stereocenters. The van der Waals surface area contributed by atoms with Gasteiger partial charge in [0, 0.05) is 0 Å². The second-order valence-corrected chi connectivity index (χ2v) is 8.14. The smallest absolute Gasteiger partial charge is 0.192 e. The van der Waals surface area contributed by atoms with Gasteiger partial charge in [-0.25, -0.2) is 4.98 Å². The zero-order valence-corrected chi connectivity index (χ0v) is 17.4. The van der Waals surface area contributed by atoms with Gasteiger partial charge < -0.3 is 14.7 Å². The summed E-state index contributed by atoms with van der Waals surface area (Å²) in [6.45, 7) is 4.36. The van der Waals surface area contributed by atoms with Crippen molar-refractivity contribution in [1.82, 2.24) is 24.7 Å². The van der Waals surface area contributed by atoms with Crippen LogP contribution in [0, 0.1) is 18.3 Å².